The van der Waals surface area contributed by atoms with Gasteiger partial charge in [-0.05, 0) is 19.4 Å². The minimum atomic E-state index is -1.10. The van der Waals surface area contributed by atoms with Crippen molar-refractivity contribution in [2.75, 3.05) is 0 Å². The first kappa shape index (κ1) is 13.4. The lowest BCUT2D eigenvalue weighted by atomic mass is 10.0. The molecule has 0 bridgehead atoms. The first-order chi connectivity index (χ1) is 10.1. The molecule has 6 nitrogen and oxygen atoms in total. The van der Waals surface area contributed by atoms with E-state index in [4.69, 9.17) is 0 Å². The summed E-state index contributed by atoms with van der Waals surface area (Å²) in [6, 6.07) is 7.54. The second kappa shape index (κ2) is 5.10. The summed E-state index contributed by atoms with van der Waals surface area (Å²) in [6.07, 6.45) is 0. The molecule has 0 fully saturated rings. The number of carboxylic acid groups (broad SMARTS) is 1. The second-order valence-corrected chi connectivity index (χ2v) is 5.43. The highest BCUT2D eigenvalue weighted by Gasteiger charge is 2.23. The predicted octanol–water partition coefficient (Wildman–Crippen LogP) is 2.71. The molecular formula is C14H12N4O2S. The molecule has 1 N–H and O–H groups in total. The molecular weight excluding hydrogens is 288 g/mol. The molecule has 106 valence electrons. The van der Waals surface area contributed by atoms with Gasteiger partial charge in [0.05, 0.1) is 5.69 Å². The minimum absolute atomic E-state index is 0.0721. The van der Waals surface area contributed by atoms with Gasteiger partial charge in [-0.15, -0.1) is 16.4 Å². The first-order valence-corrected chi connectivity index (χ1v) is 7.13. The third-order valence-corrected chi connectivity index (χ3v) is 4.00. The molecule has 0 saturated heterocycles. The van der Waals surface area contributed by atoms with Gasteiger partial charge in [-0.2, -0.15) is 4.68 Å². The van der Waals surface area contributed by atoms with Crippen molar-refractivity contribution in [1.82, 2.24) is 20.0 Å². The molecule has 21 heavy (non-hydrogen) atoms. The zero-order valence-electron chi connectivity index (χ0n) is 11.4. The normalized spacial score (nSPS) is 10.8. The third kappa shape index (κ3) is 2.31. The summed E-state index contributed by atoms with van der Waals surface area (Å²) in [5.41, 5.74) is 2.98. The second-order valence-electron chi connectivity index (χ2n) is 4.59. The summed E-state index contributed by atoms with van der Waals surface area (Å²) in [5, 5.41) is 19.6. The predicted molar refractivity (Wildman–Crippen MR) is 78.9 cm³/mol. The summed E-state index contributed by atoms with van der Waals surface area (Å²) in [7, 11) is 0. The number of carboxylic acids is 1. The molecule has 0 aliphatic carbocycles. The van der Waals surface area contributed by atoms with E-state index < -0.39 is 5.97 Å². The van der Waals surface area contributed by atoms with Crippen LogP contribution in [0.3, 0.4) is 0 Å². The van der Waals surface area contributed by atoms with E-state index in [9.17, 15) is 9.90 Å². The van der Waals surface area contributed by atoms with Crippen LogP contribution < -0.4 is 0 Å². The van der Waals surface area contributed by atoms with Crippen LogP contribution >= 0.6 is 11.3 Å². The van der Waals surface area contributed by atoms with E-state index in [-0.39, 0.29) is 5.69 Å². The van der Waals surface area contributed by atoms with Crippen LogP contribution in [0.5, 0.6) is 0 Å². The molecule has 0 aliphatic rings. The molecule has 2 aromatic heterocycles. The number of aromatic carboxylic acids is 1. The van der Waals surface area contributed by atoms with Crippen LogP contribution in [0.25, 0.3) is 16.4 Å². The Morgan fingerprint density at radius 1 is 1.29 bits per heavy atom. The molecule has 0 amide bonds. The molecule has 2 heterocycles. The fourth-order valence-electron chi connectivity index (χ4n) is 2.08. The van der Waals surface area contributed by atoms with E-state index >= 15 is 0 Å². The van der Waals surface area contributed by atoms with Crippen LogP contribution in [0.1, 0.15) is 21.7 Å². The van der Waals surface area contributed by atoms with Crippen molar-refractivity contribution in [1.29, 1.82) is 0 Å². The SMILES string of the molecule is Cc1csc(-n2nnc(C(=O)O)c2-c2ccccc2C)n1. The lowest BCUT2D eigenvalue weighted by Gasteiger charge is -2.07. The number of hydrogen-bond donors (Lipinski definition) is 1. The molecule has 0 spiro atoms. The molecule has 0 radical (unpaired) electrons. The summed E-state index contributed by atoms with van der Waals surface area (Å²) < 4.78 is 1.49. The zero-order chi connectivity index (χ0) is 15.0. The lowest BCUT2D eigenvalue weighted by Crippen LogP contribution is -2.04. The minimum Gasteiger partial charge on any atom is -0.476 e. The lowest BCUT2D eigenvalue weighted by molar-refractivity contribution is 0.0691. The molecule has 7 heteroatoms. The van der Waals surface area contributed by atoms with Crippen molar-refractivity contribution in [2.24, 2.45) is 0 Å². The van der Waals surface area contributed by atoms with Gasteiger partial charge in [-0.1, -0.05) is 29.5 Å². The van der Waals surface area contributed by atoms with Crippen molar-refractivity contribution in [3.63, 3.8) is 0 Å². The highest BCUT2D eigenvalue weighted by atomic mass is 32.1. The number of benzene rings is 1. The van der Waals surface area contributed by atoms with Crippen LogP contribution in [0.15, 0.2) is 29.6 Å². The quantitative estimate of drug-likeness (QED) is 0.804. The van der Waals surface area contributed by atoms with E-state index in [1.807, 2.05) is 43.5 Å². The Kier molecular flexibility index (Phi) is 3.26. The molecule has 0 unspecified atom stereocenters. The maximum atomic E-state index is 11.4. The summed E-state index contributed by atoms with van der Waals surface area (Å²) in [4.78, 5) is 15.8. The van der Waals surface area contributed by atoms with Crippen LogP contribution in [-0.4, -0.2) is 31.1 Å². The fourth-order valence-corrected chi connectivity index (χ4v) is 2.83. The number of carbonyl (C=O) groups is 1. The van der Waals surface area contributed by atoms with Gasteiger partial charge in [-0.25, -0.2) is 9.78 Å². The molecule has 3 aromatic rings. The molecule has 0 saturated carbocycles. The van der Waals surface area contributed by atoms with E-state index in [0.29, 0.717) is 10.8 Å². The van der Waals surface area contributed by atoms with Gasteiger partial charge in [0.2, 0.25) is 5.13 Å². The Morgan fingerprint density at radius 2 is 2.05 bits per heavy atom. The van der Waals surface area contributed by atoms with E-state index in [2.05, 4.69) is 15.3 Å². The van der Waals surface area contributed by atoms with Gasteiger partial charge >= 0.3 is 5.97 Å². The van der Waals surface area contributed by atoms with Crippen molar-refractivity contribution < 1.29 is 9.90 Å². The molecule has 0 aliphatic heterocycles. The standard InChI is InChI=1S/C14H12N4O2S/c1-8-5-3-4-6-10(8)12-11(13(19)20)16-17-18(12)14-15-9(2)7-21-14/h3-7H,1-2H3,(H,19,20). The Balaban J connectivity index is 2.28. The topological polar surface area (TPSA) is 80.9 Å². The van der Waals surface area contributed by atoms with Crippen LogP contribution in [-0.2, 0) is 0 Å². The van der Waals surface area contributed by atoms with Crippen molar-refractivity contribution in [3.05, 3.63) is 46.6 Å². The number of nitrogens with zero attached hydrogens (tertiary/aromatic N) is 4. The van der Waals surface area contributed by atoms with E-state index in [1.165, 1.54) is 16.0 Å². The molecule has 3 rings (SSSR count). The fraction of sp³-hybridized carbons (Fsp3) is 0.143. The smallest absolute Gasteiger partial charge is 0.358 e. The largest absolute Gasteiger partial charge is 0.476 e. The van der Waals surface area contributed by atoms with Crippen molar-refractivity contribution in [2.45, 2.75) is 13.8 Å². The summed E-state index contributed by atoms with van der Waals surface area (Å²) in [6.45, 7) is 3.80. The number of aromatic nitrogens is 4. The average molecular weight is 300 g/mol. The van der Waals surface area contributed by atoms with E-state index in [1.54, 1.807) is 0 Å². The van der Waals surface area contributed by atoms with Crippen LogP contribution in [0.2, 0.25) is 0 Å². The summed E-state index contributed by atoms with van der Waals surface area (Å²) in [5.74, 6) is -1.10. The Morgan fingerprint density at radius 3 is 2.67 bits per heavy atom. The van der Waals surface area contributed by atoms with Gasteiger partial charge in [0.1, 0.15) is 5.69 Å². The average Bonchev–Trinajstić information content (AvgIpc) is 3.05. The first-order valence-electron chi connectivity index (χ1n) is 6.25. The number of thiazole rings is 1. The van der Waals surface area contributed by atoms with Crippen LogP contribution in [0, 0.1) is 13.8 Å². The summed E-state index contributed by atoms with van der Waals surface area (Å²) >= 11 is 1.40. The van der Waals surface area contributed by atoms with Gasteiger partial charge < -0.3 is 5.11 Å². The van der Waals surface area contributed by atoms with Gasteiger partial charge in [0.25, 0.3) is 0 Å². The van der Waals surface area contributed by atoms with Gasteiger partial charge in [0.15, 0.2) is 5.69 Å². The number of hydrogen-bond acceptors (Lipinski definition) is 5. The highest BCUT2D eigenvalue weighted by Crippen LogP contribution is 2.29. The third-order valence-electron chi connectivity index (χ3n) is 3.06. The van der Waals surface area contributed by atoms with Crippen molar-refractivity contribution >= 4 is 17.3 Å². The molecule has 1 aromatic carbocycles. The zero-order valence-corrected chi connectivity index (χ0v) is 12.3. The Labute approximate surface area is 124 Å². The van der Waals surface area contributed by atoms with Gasteiger partial charge in [-0.3, -0.25) is 0 Å². The Hall–Kier alpha value is -2.54. The highest BCUT2D eigenvalue weighted by molar-refractivity contribution is 7.12. The maximum Gasteiger partial charge on any atom is 0.358 e. The Bertz CT molecular complexity index is 822. The molecule has 0 atom stereocenters. The van der Waals surface area contributed by atoms with E-state index in [0.717, 1.165) is 16.8 Å². The number of aryl methyl sites for hydroxylation is 2. The number of rotatable bonds is 3. The van der Waals surface area contributed by atoms with Gasteiger partial charge in [0, 0.05) is 10.9 Å². The van der Waals surface area contributed by atoms with Crippen molar-refractivity contribution in [3.8, 4) is 16.4 Å². The monoisotopic (exact) mass is 300 g/mol. The maximum absolute atomic E-state index is 11.4. The van der Waals surface area contributed by atoms with Crippen LogP contribution in [0.4, 0.5) is 0 Å².